The summed E-state index contributed by atoms with van der Waals surface area (Å²) in [5, 5.41) is 2.88. The fourth-order valence-electron chi connectivity index (χ4n) is 4.62. The van der Waals surface area contributed by atoms with E-state index in [1.807, 2.05) is 59.5 Å². The minimum Gasteiger partial charge on any atom is -0.424 e. The topological polar surface area (TPSA) is 87.7 Å². The number of anilines is 2. The first kappa shape index (κ1) is 22.8. The van der Waals surface area contributed by atoms with Gasteiger partial charge in [-0.1, -0.05) is 18.2 Å². The average Bonchev–Trinajstić information content (AvgIpc) is 3.45. The predicted molar refractivity (Wildman–Crippen MR) is 134 cm³/mol. The van der Waals surface area contributed by atoms with E-state index in [9.17, 15) is 9.59 Å². The highest BCUT2D eigenvalue weighted by Gasteiger charge is 2.29. The van der Waals surface area contributed by atoms with E-state index >= 15 is 0 Å². The van der Waals surface area contributed by atoms with Crippen LogP contribution in [-0.2, 0) is 4.79 Å². The monoisotopic (exact) mass is 471 g/mol. The van der Waals surface area contributed by atoms with Gasteiger partial charge in [-0.15, -0.1) is 0 Å². The van der Waals surface area contributed by atoms with Crippen molar-refractivity contribution in [3.05, 3.63) is 72.6 Å². The van der Waals surface area contributed by atoms with Crippen LogP contribution >= 0.6 is 0 Å². The number of carbonyl (C=O) groups is 2. The number of piperidine rings is 1. The minimum atomic E-state index is -0.287. The Bertz CT molecular complexity index is 1140. The Kier molecular flexibility index (Phi) is 6.88. The lowest BCUT2D eigenvalue weighted by molar-refractivity contribution is -0.135. The van der Waals surface area contributed by atoms with Gasteiger partial charge in [0.2, 0.25) is 5.91 Å². The van der Waals surface area contributed by atoms with E-state index in [-0.39, 0.29) is 17.8 Å². The summed E-state index contributed by atoms with van der Waals surface area (Å²) < 4.78 is 5.57. The number of likely N-dealkylation sites (tertiary alicyclic amines) is 1. The Hall–Kier alpha value is -3.94. The van der Waals surface area contributed by atoms with E-state index in [1.54, 1.807) is 0 Å². The zero-order chi connectivity index (χ0) is 24.0. The summed E-state index contributed by atoms with van der Waals surface area (Å²) in [6.45, 7) is 3.57. The number of ether oxygens (including phenoxy) is 1. The molecule has 2 aromatic carbocycles. The van der Waals surface area contributed by atoms with Crippen molar-refractivity contribution in [3.8, 4) is 11.8 Å². The number of hydrogen-bond acceptors (Lipinski definition) is 6. The number of nitrogens with zero attached hydrogens (tertiary/aromatic N) is 4. The van der Waals surface area contributed by atoms with Crippen LogP contribution in [0.2, 0.25) is 0 Å². The molecule has 2 saturated heterocycles. The van der Waals surface area contributed by atoms with Gasteiger partial charge in [0.15, 0.2) is 0 Å². The molecule has 180 valence electrons. The van der Waals surface area contributed by atoms with Gasteiger partial charge in [-0.25, -0.2) is 9.97 Å². The molecule has 8 nitrogen and oxygen atoms in total. The molecular weight excluding hydrogens is 442 g/mol. The zero-order valence-electron chi connectivity index (χ0n) is 19.6. The van der Waals surface area contributed by atoms with Gasteiger partial charge in [-0.2, -0.15) is 0 Å². The molecule has 2 amide bonds. The summed E-state index contributed by atoms with van der Waals surface area (Å²) in [6, 6.07) is 17.2. The maximum Gasteiger partial charge on any atom is 0.321 e. The molecule has 1 N–H and O–H groups in total. The summed E-state index contributed by atoms with van der Waals surface area (Å²) >= 11 is 0. The van der Waals surface area contributed by atoms with E-state index in [0.29, 0.717) is 22.9 Å². The summed E-state index contributed by atoms with van der Waals surface area (Å²) in [7, 11) is 0. The predicted octanol–water partition coefficient (Wildman–Crippen LogP) is 4.36. The van der Waals surface area contributed by atoms with E-state index in [4.69, 9.17) is 4.74 Å². The lowest BCUT2D eigenvalue weighted by atomic mass is 9.95. The molecule has 0 saturated carbocycles. The highest BCUT2D eigenvalue weighted by molar-refractivity contribution is 6.03. The van der Waals surface area contributed by atoms with E-state index in [0.717, 1.165) is 57.5 Å². The number of amides is 2. The van der Waals surface area contributed by atoms with Crippen LogP contribution in [0.5, 0.6) is 11.8 Å². The van der Waals surface area contributed by atoms with Crippen LogP contribution < -0.4 is 15.0 Å². The second kappa shape index (κ2) is 10.5. The van der Waals surface area contributed by atoms with Crippen molar-refractivity contribution in [2.75, 3.05) is 36.4 Å². The van der Waals surface area contributed by atoms with Crippen LogP contribution in [0.3, 0.4) is 0 Å². The molecule has 0 bridgehead atoms. The van der Waals surface area contributed by atoms with E-state index in [2.05, 4.69) is 20.2 Å². The SMILES string of the molecule is O=C(Nc1ccc(N2CCC(C(=O)N3CCCC3)CC2)cc1)c1cnc(Oc2ccccc2)nc1. The Morgan fingerprint density at radius 3 is 2.17 bits per heavy atom. The first-order chi connectivity index (χ1) is 17.2. The Balaban J connectivity index is 1.12. The van der Waals surface area contributed by atoms with Crippen molar-refractivity contribution in [2.24, 2.45) is 5.92 Å². The van der Waals surface area contributed by atoms with Gasteiger partial charge < -0.3 is 19.9 Å². The Morgan fingerprint density at radius 1 is 0.857 bits per heavy atom. The Morgan fingerprint density at radius 2 is 1.51 bits per heavy atom. The van der Waals surface area contributed by atoms with Crippen LogP contribution in [0.4, 0.5) is 11.4 Å². The van der Waals surface area contributed by atoms with Gasteiger partial charge in [0.1, 0.15) is 5.75 Å². The number of aromatic nitrogens is 2. The molecule has 35 heavy (non-hydrogen) atoms. The fourth-order valence-corrected chi connectivity index (χ4v) is 4.62. The van der Waals surface area contributed by atoms with Crippen molar-refractivity contribution in [1.29, 1.82) is 0 Å². The molecule has 0 radical (unpaired) electrons. The number of carbonyl (C=O) groups excluding carboxylic acids is 2. The number of nitrogens with one attached hydrogen (secondary N) is 1. The highest BCUT2D eigenvalue weighted by atomic mass is 16.5. The third-order valence-corrected chi connectivity index (χ3v) is 6.59. The van der Waals surface area contributed by atoms with E-state index < -0.39 is 0 Å². The molecular formula is C27H29N5O3. The quantitative estimate of drug-likeness (QED) is 0.575. The van der Waals surface area contributed by atoms with Crippen LogP contribution in [0.25, 0.3) is 0 Å². The molecule has 0 aliphatic carbocycles. The maximum absolute atomic E-state index is 12.7. The first-order valence-corrected chi connectivity index (χ1v) is 12.2. The molecule has 3 heterocycles. The van der Waals surface area contributed by atoms with E-state index in [1.165, 1.54) is 12.4 Å². The summed E-state index contributed by atoms with van der Waals surface area (Å²) in [6.07, 6.45) is 6.93. The molecule has 5 rings (SSSR count). The summed E-state index contributed by atoms with van der Waals surface area (Å²) in [4.78, 5) is 37.9. The van der Waals surface area contributed by atoms with Crippen LogP contribution in [0.1, 0.15) is 36.0 Å². The summed E-state index contributed by atoms with van der Waals surface area (Å²) in [5.74, 6) is 0.830. The number of benzene rings is 2. The fraction of sp³-hybridized carbons (Fsp3) is 0.333. The third kappa shape index (κ3) is 5.59. The molecule has 2 aliphatic rings. The van der Waals surface area contributed by atoms with Crippen molar-refractivity contribution in [2.45, 2.75) is 25.7 Å². The molecule has 0 atom stereocenters. The van der Waals surface area contributed by atoms with Crippen molar-refractivity contribution >= 4 is 23.2 Å². The number of rotatable bonds is 6. The molecule has 1 aromatic heterocycles. The number of para-hydroxylation sites is 1. The van der Waals surface area contributed by atoms with Crippen molar-refractivity contribution in [1.82, 2.24) is 14.9 Å². The smallest absolute Gasteiger partial charge is 0.321 e. The zero-order valence-corrected chi connectivity index (χ0v) is 19.6. The Labute approximate surface area is 204 Å². The second-order valence-electron chi connectivity index (χ2n) is 8.96. The standard InChI is InChI=1S/C27H29N5O3/c33-25(21-18-28-27(29-19-21)35-24-6-2-1-3-7-24)30-22-8-10-23(11-9-22)31-16-12-20(13-17-31)26(34)32-14-4-5-15-32/h1-3,6-11,18-20H,4-5,12-17H2,(H,30,33). The molecule has 0 spiro atoms. The van der Waals surface area contributed by atoms with Crippen LogP contribution in [0, 0.1) is 5.92 Å². The van der Waals surface area contributed by atoms with Crippen molar-refractivity contribution in [3.63, 3.8) is 0 Å². The molecule has 2 fully saturated rings. The average molecular weight is 472 g/mol. The first-order valence-electron chi connectivity index (χ1n) is 12.2. The third-order valence-electron chi connectivity index (χ3n) is 6.59. The maximum atomic E-state index is 12.7. The largest absolute Gasteiger partial charge is 0.424 e. The number of hydrogen-bond donors (Lipinski definition) is 1. The molecule has 2 aliphatic heterocycles. The van der Waals surface area contributed by atoms with Crippen LogP contribution in [-0.4, -0.2) is 52.9 Å². The normalized spacial score (nSPS) is 16.2. The molecule has 8 heteroatoms. The molecule has 3 aromatic rings. The minimum absolute atomic E-state index is 0.148. The van der Waals surface area contributed by atoms with Crippen molar-refractivity contribution < 1.29 is 14.3 Å². The lowest BCUT2D eigenvalue weighted by Gasteiger charge is -2.34. The van der Waals surface area contributed by atoms with Gasteiger partial charge in [0, 0.05) is 55.9 Å². The van der Waals surface area contributed by atoms with Gasteiger partial charge in [0.25, 0.3) is 5.91 Å². The van der Waals surface area contributed by atoms with Crippen LogP contribution in [0.15, 0.2) is 67.0 Å². The van der Waals surface area contributed by atoms with Gasteiger partial charge >= 0.3 is 6.01 Å². The molecule has 0 unspecified atom stereocenters. The van der Waals surface area contributed by atoms with Gasteiger partial charge in [-0.3, -0.25) is 9.59 Å². The van der Waals surface area contributed by atoms with Gasteiger partial charge in [0.05, 0.1) is 5.56 Å². The highest BCUT2D eigenvalue weighted by Crippen LogP contribution is 2.27. The van der Waals surface area contributed by atoms with Gasteiger partial charge in [-0.05, 0) is 62.1 Å². The second-order valence-corrected chi connectivity index (χ2v) is 8.96. The summed E-state index contributed by atoms with van der Waals surface area (Å²) in [5.41, 5.74) is 2.14. The lowest BCUT2D eigenvalue weighted by Crippen LogP contribution is -2.41.